The van der Waals surface area contributed by atoms with Crippen LogP contribution in [-0.4, -0.2) is 22.1 Å². The van der Waals surface area contributed by atoms with Crippen LogP contribution in [0, 0.1) is 5.92 Å². The van der Waals surface area contributed by atoms with Crippen molar-refractivity contribution in [3.05, 3.63) is 17.7 Å². The van der Waals surface area contributed by atoms with Gasteiger partial charge in [0.15, 0.2) is 0 Å². The molecule has 0 bridgehead atoms. The lowest BCUT2D eigenvalue weighted by Gasteiger charge is -2.20. The van der Waals surface area contributed by atoms with E-state index < -0.39 is 0 Å². The van der Waals surface area contributed by atoms with Crippen LogP contribution in [0.3, 0.4) is 0 Å². The zero-order chi connectivity index (χ0) is 11.7. The van der Waals surface area contributed by atoms with E-state index in [1.165, 1.54) is 49.9 Å². The van der Waals surface area contributed by atoms with Crippen molar-refractivity contribution >= 4 is 0 Å². The zero-order valence-electron chi connectivity index (χ0n) is 10.8. The second-order valence-electron chi connectivity index (χ2n) is 5.50. The molecular weight excluding hydrogens is 210 g/mol. The summed E-state index contributed by atoms with van der Waals surface area (Å²) in [5, 5.41) is 3.64. The maximum atomic E-state index is 4.58. The molecule has 1 aromatic heterocycles. The van der Waals surface area contributed by atoms with E-state index in [0.717, 1.165) is 19.0 Å². The average Bonchev–Trinajstić information content (AvgIpc) is 3.12. The predicted octanol–water partition coefficient (Wildman–Crippen LogP) is 2.15. The Morgan fingerprint density at radius 2 is 2.24 bits per heavy atom. The molecule has 2 aliphatic rings. The molecule has 0 aliphatic heterocycles. The fourth-order valence-electron chi connectivity index (χ4n) is 3.04. The molecular formula is C14H23N3. The molecule has 0 radical (unpaired) electrons. The van der Waals surface area contributed by atoms with Gasteiger partial charge in [0.05, 0.1) is 12.0 Å². The molecule has 1 atom stereocenters. The van der Waals surface area contributed by atoms with Gasteiger partial charge in [0.2, 0.25) is 0 Å². The second-order valence-corrected chi connectivity index (χ2v) is 5.50. The lowest BCUT2D eigenvalue weighted by atomic mass is 10.0. The number of hydrogen-bond donors (Lipinski definition) is 1. The van der Waals surface area contributed by atoms with Crippen LogP contribution < -0.4 is 5.32 Å². The number of imidazole rings is 1. The van der Waals surface area contributed by atoms with Gasteiger partial charge in [-0.25, -0.2) is 4.98 Å². The minimum absolute atomic E-state index is 0.667. The third-order valence-electron chi connectivity index (χ3n) is 4.16. The minimum atomic E-state index is 0.667. The van der Waals surface area contributed by atoms with Crippen molar-refractivity contribution in [1.82, 2.24) is 14.9 Å². The summed E-state index contributed by atoms with van der Waals surface area (Å²) in [6.45, 7) is 4.41. The molecule has 1 saturated carbocycles. The number of rotatable bonds is 5. The largest absolute Gasteiger partial charge is 0.333 e. The van der Waals surface area contributed by atoms with Crippen LogP contribution in [0.2, 0.25) is 0 Å². The van der Waals surface area contributed by atoms with E-state index in [9.17, 15) is 0 Å². The van der Waals surface area contributed by atoms with Crippen molar-refractivity contribution in [1.29, 1.82) is 0 Å². The lowest BCUT2D eigenvalue weighted by Crippen LogP contribution is -2.35. The molecule has 1 unspecified atom stereocenters. The first-order valence-corrected chi connectivity index (χ1v) is 7.14. The summed E-state index contributed by atoms with van der Waals surface area (Å²) in [4.78, 5) is 4.58. The molecule has 1 heterocycles. The molecule has 0 spiro atoms. The third-order valence-corrected chi connectivity index (χ3v) is 4.16. The Bertz CT molecular complexity index is 379. The average molecular weight is 233 g/mol. The molecule has 94 valence electrons. The van der Waals surface area contributed by atoms with Crippen LogP contribution in [0.25, 0.3) is 0 Å². The summed E-state index contributed by atoms with van der Waals surface area (Å²) in [5.41, 5.74) is 2.88. The molecule has 0 amide bonds. The summed E-state index contributed by atoms with van der Waals surface area (Å²) in [6.07, 6.45) is 9.99. The zero-order valence-corrected chi connectivity index (χ0v) is 10.8. The van der Waals surface area contributed by atoms with E-state index >= 15 is 0 Å². The second kappa shape index (κ2) is 4.81. The van der Waals surface area contributed by atoms with Gasteiger partial charge in [-0.05, 0) is 51.0 Å². The Kier molecular flexibility index (Phi) is 3.19. The summed E-state index contributed by atoms with van der Waals surface area (Å²) in [5.74, 6) is 0.914. The van der Waals surface area contributed by atoms with Crippen molar-refractivity contribution in [2.45, 2.75) is 58.0 Å². The molecule has 0 saturated heterocycles. The van der Waals surface area contributed by atoms with Gasteiger partial charge in [-0.1, -0.05) is 6.92 Å². The van der Waals surface area contributed by atoms with Crippen molar-refractivity contribution in [2.24, 2.45) is 5.92 Å². The minimum Gasteiger partial charge on any atom is -0.333 e. The Balaban J connectivity index is 1.72. The van der Waals surface area contributed by atoms with Crippen LogP contribution in [0.1, 0.15) is 44.0 Å². The van der Waals surface area contributed by atoms with Gasteiger partial charge >= 0.3 is 0 Å². The molecule has 2 aliphatic carbocycles. The van der Waals surface area contributed by atoms with Gasteiger partial charge < -0.3 is 9.88 Å². The summed E-state index contributed by atoms with van der Waals surface area (Å²) >= 11 is 0. The number of aromatic nitrogens is 2. The van der Waals surface area contributed by atoms with Crippen LogP contribution in [0.4, 0.5) is 0 Å². The van der Waals surface area contributed by atoms with Crippen molar-refractivity contribution in [3.63, 3.8) is 0 Å². The van der Waals surface area contributed by atoms with Gasteiger partial charge in [-0.2, -0.15) is 0 Å². The van der Waals surface area contributed by atoms with Crippen molar-refractivity contribution in [3.8, 4) is 0 Å². The SMILES string of the molecule is CCNC(Cn1cnc2c1CCCC2)C1CC1. The Labute approximate surface area is 104 Å². The molecule has 0 aromatic carbocycles. The highest BCUT2D eigenvalue weighted by molar-refractivity contribution is 5.16. The monoisotopic (exact) mass is 233 g/mol. The molecule has 17 heavy (non-hydrogen) atoms. The van der Waals surface area contributed by atoms with E-state index in [-0.39, 0.29) is 0 Å². The fraction of sp³-hybridized carbons (Fsp3) is 0.786. The maximum Gasteiger partial charge on any atom is 0.0952 e. The Hall–Kier alpha value is -0.830. The number of fused-ring (bicyclic) bond motifs is 1. The van der Waals surface area contributed by atoms with E-state index in [1.807, 2.05) is 0 Å². The first kappa shape index (κ1) is 11.3. The molecule has 1 N–H and O–H groups in total. The number of nitrogens with one attached hydrogen (secondary N) is 1. The van der Waals surface area contributed by atoms with Gasteiger partial charge in [0, 0.05) is 18.3 Å². The molecule has 3 nitrogen and oxygen atoms in total. The summed E-state index contributed by atoms with van der Waals surface area (Å²) in [6, 6.07) is 0.667. The van der Waals surface area contributed by atoms with Crippen LogP contribution in [0.15, 0.2) is 6.33 Å². The fourth-order valence-corrected chi connectivity index (χ4v) is 3.04. The topological polar surface area (TPSA) is 29.9 Å². The lowest BCUT2D eigenvalue weighted by molar-refractivity contribution is 0.408. The standard InChI is InChI=1S/C14H23N3/c1-2-15-13(11-7-8-11)9-17-10-16-12-5-3-4-6-14(12)17/h10-11,13,15H,2-9H2,1H3. The smallest absolute Gasteiger partial charge is 0.0952 e. The molecule has 3 rings (SSSR count). The molecule has 1 aromatic rings. The van der Waals surface area contributed by atoms with E-state index in [1.54, 1.807) is 0 Å². The number of hydrogen-bond acceptors (Lipinski definition) is 2. The summed E-state index contributed by atoms with van der Waals surface area (Å²) < 4.78 is 2.42. The highest BCUT2D eigenvalue weighted by Crippen LogP contribution is 2.33. The van der Waals surface area contributed by atoms with E-state index in [4.69, 9.17) is 0 Å². The van der Waals surface area contributed by atoms with Gasteiger partial charge in [0.25, 0.3) is 0 Å². The highest BCUT2D eigenvalue weighted by atomic mass is 15.1. The highest BCUT2D eigenvalue weighted by Gasteiger charge is 2.31. The third kappa shape index (κ3) is 2.39. The molecule has 1 fully saturated rings. The van der Waals surface area contributed by atoms with Gasteiger partial charge in [-0.3, -0.25) is 0 Å². The Morgan fingerprint density at radius 3 is 3.00 bits per heavy atom. The van der Waals surface area contributed by atoms with E-state index in [0.29, 0.717) is 6.04 Å². The summed E-state index contributed by atoms with van der Waals surface area (Å²) in [7, 11) is 0. The van der Waals surface area contributed by atoms with Gasteiger partial charge in [-0.15, -0.1) is 0 Å². The van der Waals surface area contributed by atoms with Crippen molar-refractivity contribution in [2.75, 3.05) is 6.54 Å². The van der Waals surface area contributed by atoms with Crippen LogP contribution >= 0.6 is 0 Å². The molecule has 3 heteroatoms. The first-order valence-electron chi connectivity index (χ1n) is 7.14. The van der Waals surface area contributed by atoms with E-state index in [2.05, 4.69) is 28.1 Å². The normalized spacial score (nSPS) is 21.2. The number of aryl methyl sites for hydroxylation is 1. The van der Waals surface area contributed by atoms with Crippen LogP contribution in [0.5, 0.6) is 0 Å². The quantitative estimate of drug-likeness (QED) is 0.844. The predicted molar refractivity (Wildman–Crippen MR) is 69.1 cm³/mol. The van der Waals surface area contributed by atoms with Gasteiger partial charge in [0.1, 0.15) is 0 Å². The van der Waals surface area contributed by atoms with Crippen molar-refractivity contribution < 1.29 is 0 Å². The number of likely N-dealkylation sites (N-methyl/N-ethyl adjacent to an activating group) is 1. The number of nitrogens with zero attached hydrogens (tertiary/aromatic N) is 2. The van der Waals surface area contributed by atoms with Crippen LogP contribution in [-0.2, 0) is 19.4 Å². The maximum absolute atomic E-state index is 4.58. The Morgan fingerprint density at radius 1 is 1.41 bits per heavy atom. The first-order chi connectivity index (χ1) is 8.38.